The molecule has 94 valence electrons. The van der Waals surface area contributed by atoms with Gasteiger partial charge in [-0.1, -0.05) is 36.4 Å². The number of hydrogen-bond donors (Lipinski definition) is 2. The first kappa shape index (κ1) is 12.5. The standard InChI is InChI=1S/C16H20N2/c1-11-7-5-8-12(2)15(11)17-18-16-13(3)9-6-10-14(16)4/h5-10,17-18H,1-4H3. The number of para-hydroxylation sites is 2. The van der Waals surface area contributed by atoms with E-state index < -0.39 is 0 Å². The van der Waals surface area contributed by atoms with E-state index in [4.69, 9.17) is 0 Å². The summed E-state index contributed by atoms with van der Waals surface area (Å²) in [7, 11) is 0. The third kappa shape index (κ3) is 2.48. The highest BCUT2D eigenvalue weighted by Gasteiger charge is 2.04. The van der Waals surface area contributed by atoms with Gasteiger partial charge in [0.05, 0.1) is 11.4 Å². The van der Waals surface area contributed by atoms with Gasteiger partial charge in [-0.2, -0.15) is 0 Å². The fraction of sp³-hybridized carbons (Fsp3) is 0.250. The molecule has 2 nitrogen and oxygen atoms in total. The Morgan fingerprint density at radius 2 is 0.833 bits per heavy atom. The van der Waals surface area contributed by atoms with Gasteiger partial charge in [-0.3, -0.25) is 0 Å². The number of anilines is 2. The van der Waals surface area contributed by atoms with Gasteiger partial charge < -0.3 is 10.9 Å². The van der Waals surface area contributed by atoms with Crippen LogP contribution in [0.25, 0.3) is 0 Å². The number of hydrazine groups is 1. The maximum absolute atomic E-state index is 3.33. The predicted octanol–water partition coefficient (Wildman–Crippen LogP) is 4.36. The molecule has 0 aliphatic heterocycles. The van der Waals surface area contributed by atoms with Gasteiger partial charge in [-0.05, 0) is 49.9 Å². The smallest absolute Gasteiger partial charge is 0.0598 e. The Hall–Kier alpha value is -1.96. The van der Waals surface area contributed by atoms with Crippen molar-refractivity contribution < 1.29 is 0 Å². The highest BCUT2D eigenvalue weighted by molar-refractivity contribution is 5.64. The fourth-order valence-corrected chi connectivity index (χ4v) is 2.15. The summed E-state index contributed by atoms with van der Waals surface area (Å²) in [6.45, 7) is 8.45. The highest BCUT2D eigenvalue weighted by Crippen LogP contribution is 2.23. The second-order valence-corrected chi connectivity index (χ2v) is 4.78. The fourth-order valence-electron chi connectivity index (χ4n) is 2.15. The van der Waals surface area contributed by atoms with Crippen molar-refractivity contribution in [2.75, 3.05) is 10.9 Å². The van der Waals surface area contributed by atoms with Crippen LogP contribution < -0.4 is 10.9 Å². The Kier molecular flexibility index (Phi) is 3.56. The summed E-state index contributed by atoms with van der Waals surface area (Å²) in [5.41, 5.74) is 13.9. The third-order valence-corrected chi connectivity index (χ3v) is 3.27. The van der Waals surface area contributed by atoms with E-state index in [9.17, 15) is 0 Å². The summed E-state index contributed by atoms with van der Waals surface area (Å²) >= 11 is 0. The summed E-state index contributed by atoms with van der Waals surface area (Å²) in [6, 6.07) is 12.6. The molecule has 0 amide bonds. The first-order chi connectivity index (χ1) is 8.59. The summed E-state index contributed by atoms with van der Waals surface area (Å²) in [4.78, 5) is 0. The maximum Gasteiger partial charge on any atom is 0.0598 e. The third-order valence-electron chi connectivity index (χ3n) is 3.27. The van der Waals surface area contributed by atoms with E-state index in [-0.39, 0.29) is 0 Å². The van der Waals surface area contributed by atoms with Crippen molar-refractivity contribution in [3.8, 4) is 0 Å². The molecule has 0 atom stereocenters. The van der Waals surface area contributed by atoms with E-state index in [0.29, 0.717) is 0 Å². The molecule has 0 heterocycles. The Balaban J connectivity index is 2.22. The average molecular weight is 240 g/mol. The van der Waals surface area contributed by atoms with Crippen LogP contribution >= 0.6 is 0 Å². The number of aryl methyl sites for hydroxylation is 4. The van der Waals surface area contributed by atoms with Crippen molar-refractivity contribution in [3.05, 3.63) is 58.7 Å². The number of rotatable bonds is 3. The molecule has 0 bridgehead atoms. The molecule has 0 unspecified atom stereocenters. The second kappa shape index (κ2) is 5.13. The van der Waals surface area contributed by atoms with Crippen LogP contribution in [0, 0.1) is 27.7 Å². The van der Waals surface area contributed by atoms with Gasteiger partial charge in [0.15, 0.2) is 0 Å². The van der Waals surface area contributed by atoms with Crippen LogP contribution in [0.1, 0.15) is 22.3 Å². The molecule has 0 saturated heterocycles. The van der Waals surface area contributed by atoms with Crippen LogP contribution in [0.3, 0.4) is 0 Å². The maximum atomic E-state index is 3.33. The molecule has 0 aliphatic carbocycles. The van der Waals surface area contributed by atoms with E-state index in [1.807, 2.05) is 0 Å². The molecule has 0 radical (unpaired) electrons. The molecule has 2 aromatic carbocycles. The highest BCUT2D eigenvalue weighted by atomic mass is 15.4. The van der Waals surface area contributed by atoms with Gasteiger partial charge in [0, 0.05) is 0 Å². The van der Waals surface area contributed by atoms with Crippen molar-refractivity contribution in [2.45, 2.75) is 27.7 Å². The number of benzene rings is 2. The molecule has 18 heavy (non-hydrogen) atoms. The van der Waals surface area contributed by atoms with E-state index in [0.717, 1.165) is 11.4 Å². The van der Waals surface area contributed by atoms with Gasteiger partial charge in [-0.25, -0.2) is 0 Å². The van der Waals surface area contributed by atoms with E-state index >= 15 is 0 Å². The van der Waals surface area contributed by atoms with Crippen LogP contribution in [0.5, 0.6) is 0 Å². The quantitative estimate of drug-likeness (QED) is 0.779. The summed E-state index contributed by atoms with van der Waals surface area (Å²) in [5.74, 6) is 0. The molecule has 2 aromatic rings. The molecule has 0 fully saturated rings. The Bertz CT molecular complexity index is 467. The molecule has 0 aliphatic rings. The van der Waals surface area contributed by atoms with E-state index in [2.05, 4.69) is 74.9 Å². The van der Waals surface area contributed by atoms with Crippen LogP contribution in [0.15, 0.2) is 36.4 Å². The second-order valence-electron chi connectivity index (χ2n) is 4.78. The van der Waals surface area contributed by atoms with Crippen LogP contribution in [-0.4, -0.2) is 0 Å². The normalized spacial score (nSPS) is 10.2. The zero-order valence-electron chi connectivity index (χ0n) is 11.5. The van der Waals surface area contributed by atoms with E-state index in [1.165, 1.54) is 22.3 Å². The molecule has 0 saturated carbocycles. The first-order valence-electron chi connectivity index (χ1n) is 6.24. The van der Waals surface area contributed by atoms with E-state index in [1.54, 1.807) is 0 Å². The molecule has 0 spiro atoms. The summed E-state index contributed by atoms with van der Waals surface area (Å²) in [6.07, 6.45) is 0. The molecule has 2 heteroatoms. The minimum atomic E-state index is 1.15. The van der Waals surface area contributed by atoms with Crippen molar-refractivity contribution in [3.63, 3.8) is 0 Å². The molecular weight excluding hydrogens is 220 g/mol. The lowest BCUT2D eigenvalue weighted by molar-refractivity contribution is 1.27. The lowest BCUT2D eigenvalue weighted by Gasteiger charge is -2.17. The van der Waals surface area contributed by atoms with Crippen LogP contribution in [0.4, 0.5) is 11.4 Å². The van der Waals surface area contributed by atoms with Crippen LogP contribution in [-0.2, 0) is 0 Å². The van der Waals surface area contributed by atoms with Gasteiger partial charge in [0.1, 0.15) is 0 Å². The number of nitrogens with one attached hydrogen (secondary N) is 2. The molecule has 2 N–H and O–H groups in total. The minimum absolute atomic E-state index is 1.15. The van der Waals surface area contributed by atoms with Crippen molar-refractivity contribution in [2.24, 2.45) is 0 Å². The number of hydrogen-bond acceptors (Lipinski definition) is 2. The largest absolute Gasteiger partial charge is 0.300 e. The Morgan fingerprint density at radius 1 is 0.556 bits per heavy atom. The molecule has 0 aromatic heterocycles. The van der Waals surface area contributed by atoms with Crippen molar-refractivity contribution in [1.82, 2.24) is 0 Å². The van der Waals surface area contributed by atoms with Crippen molar-refractivity contribution >= 4 is 11.4 Å². The lowest BCUT2D eigenvalue weighted by atomic mass is 10.1. The summed E-state index contributed by atoms with van der Waals surface area (Å²) in [5, 5.41) is 0. The monoisotopic (exact) mass is 240 g/mol. The Morgan fingerprint density at radius 3 is 1.11 bits per heavy atom. The van der Waals surface area contributed by atoms with Gasteiger partial charge in [0.25, 0.3) is 0 Å². The van der Waals surface area contributed by atoms with Gasteiger partial charge >= 0.3 is 0 Å². The SMILES string of the molecule is Cc1cccc(C)c1NNc1c(C)cccc1C. The van der Waals surface area contributed by atoms with Gasteiger partial charge in [0.2, 0.25) is 0 Å². The van der Waals surface area contributed by atoms with Crippen LogP contribution in [0.2, 0.25) is 0 Å². The molecule has 2 rings (SSSR count). The topological polar surface area (TPSA) is 24.1 Å². The predicted molar refractivity (Wildman–Crippen MR) is 79.1 cm³/mol. The first-order valence-corrected chi connectivity index (χ1v) is 6.24. The lowest BCUT2D eigenvalue weighted by Crippen LogP contribution is -2.12. The molecular formula is C16H20N2. The average Bonchev–Trinajstić information content (AvgIpc) is 2.31. The van der Waals surface area contributed by atoms with Gasteiger partial charge in [-0.15, -0.1) is 0 Å². The zero-order chi connectivity index (χ0) is 13.1. The zero-order valence-corrected chi connectivity index (χ0v) is 11.5. The minimum Gasteiger partial charge on any atom is -0.300 e. The summed E-state index contributed by atoms with van der Waals surface area (Å²) < 4.78 is 0. The van der Waals surface area contributed by atoms with Crippen molar-refractivity contribution in [1.29, 1.82) is 0 Å². The Labute approximate surface area is 109 Å².